The number of hydrogen-bond donors (Lipinski definition) is 2. The summed E-state index contributed by atoms with van der Waals surface area (Å²) in [5.41, 5.74) is 5.81. The highest BCUT2D eigenvalue weighted by Crippen LogP contribution is 2.05. The summed E-state index contributed by atoms with van der Waals surface area (Å²) in [5, 5.41) is 2.86. The molecule has 2 aromatic heterocycles. The van der Waals surface area contributed by atoms with Crippen molar-refractivity contribution in [1.29, 1.82) is 0 Å². The van der Waals surface area contributed by atoms with Crippen LogP contribution in [0.2, 0.25) is 0 Å². The summed E-state index contributed by atoms with van der Waals surface area (Å²) in [7, 11) is 0. The molecular formula is C15H19N3O3. The van der Waals surface area contributed by atoms with Crippen LogP contribution in [0, 0.1) is 0 Å². The van der Waals surface area contributed by atoms with Crippen molar-refractivity contribution in [2.45, 2.75) is 32.4 Å². The molecule has 0 saturated heterocycles. The number of carbonyl (C=O) groups excluding carboxylic acids is 1. The summed E-state index contributed by atoms with van der Waals surface area (Å²) in [4.78, 5) is 23.5. The Bertz CT molecular complexity index is 646. The Morgan fingerprint density at radius 2 is 2.24 bits per heavy atom. The van der Waals surface area contributed by atoms with E-state index in [1.165, 1.54) is 22.9 Å². The lowest BCUT2D eigenvalue weighted by Gasteiger charge is -2.14. The molecule has 0 radical (unpaired) electrons. The van der Waals surface area contributed by atoms with Crippen LogP contribution in [0.3, 0.4) is 0 Å². The highest BCUT2D eigenvalue weighted by atomic mass is 16.3. The van der Waals surface area contributed by atoms with Crippen LogP contribution in [-0.2, 0) is 17.8 Å². The quantitative estimate of drug-likeness (QED) is 0.835. The van der Waals surface area contributed by atoms with Gasteiger partial charge in [-0.1, -0.05) is 0 Å². The van der Waals surface area contributed by atoms with Crippen LogP contribution in [-0.4, -0.2) is 16.5 Å². The molecule has 3 N–H and O–H groups in total. The van der Waals surface area contributed by atoms with E-state index in [-0.39, 0.29) is 24.1 Å². The lowest BCUT2D eigenvalue weighted by molar-refractivity contribution is -0.122. The Kier molecular flexibility index (Phi) is 4.81. The van der Waals surface area contributed by atoms with Crippen molar-refractivity contribution < 1.29 is 9.21 Å². The predicted molar refractivity (Wildman–Crippen MR) is 79.7 cm³/mol. The van der Waals surface area contributed by atoms with Crippen LogP contribution in [0.4, 0.5) is 5.69 Å². The number of aryl methyl sites for hydroxylation is 1. The molecule has 2 rings (SSSR count). The molecule has 0 fully saturated rings. The van der Waals surface area contributed by atoms with Crippen molar-refractivity contribution in [2.24, 2.45) is 0 Å². The molecule has 6 heteroatoms. The standard InChI is InChI=1S/C15H19N3O3/c1-11(4-6-13-3-2-8-21-13)17-14(19)10-18-9-12(16)5-7-15(18)20/h2-3,5,7-9,11H,4,6,10,16H2,1H3,(H,17,19). The Labute approximate surface area is 122 Å². The Morgan fingerprint density at radius 3 is 2.95 bits per heavy atom. The van der Waals surface area contributed by atoms with Crippen molar-refractivity contribution in [3.05, 3.63) is 52.8 Å². The second-order valence-corrected chi connectivity index (χ2v) is 5.02. The molecule has 0 bridgehead atoms. The Morgan fingerprint density at radius 1 is 1.43 bits per heavy atom. The fourth-order valence-electron chi connectivity index (χ4n) is 2.03. The fraction of sp³-hybridized carbons (Fsp3) is 0.333. The lowest BCUT2D eigenvalue weighted by Crippen LogP contribution is -2.37. The Hall–Kier alpha value is -2.50. The SMILES string of the molecule is CC(CCc1ccco1)NC(=O)Cn1cc(N)ccc1=O. The monoisotopic (exact) mass is 289 g/mol. The summed E-state index contributed by atoms with van der Waals surface area (Å²) in [6.07, 6.45) is 4.62. The number of anilines is 1. The third-order valence-corrected chi connectivity index (χ3v) is 3.13. The first-order valence-electron chi connectivity index (χ1n) is 6.82. The van der Waals surface area contributed by atoms with Crippen molar-refractivity contribution in [3.63, 3.8) is 0 Å². The van der Waals surface area contributed by atoms with Crippen LogP contribution >= 0.6 is 0 Å². The summed E-state index contributed by atoms with van der Waals surface area (Å²) in [5.74, 6) is 0.679. The van der Waals surface area contributed by atoms with Crippen LogP contribution < -0.4 is 16.6 Å². The molecular weight excluding hydrogens is 270 g/mol. The van der Waals surface area contributed by atoms with E-state index in [2.05, 4.69) is 5.32 Å². The molecule has 2 heterocycles. The van der Waals surface area contributed by atoms with E-state index >= 15 is 0 Å². The number of pyridine rings is 1. The molecule has 0 spiro atoms. The minimum Gasteiger partial charge on any atom is -0.469 e. The van der Waals surface area contributed by atoms with Gasteiger partial charge in [0.2, 0.25) is 5.91 Å². The zero-order valence-corrected chi connectivity index (χ0v) is 11.9. The van der Waals surface area contributed by atoms with Gasteiger partial charge in [0.05, 0.1) is 6.26 Å². The molecule has 0 aliphatic rings. The minimum absolute atomic E-state index is 0.000591. The maximum atomic E-state index is 11.9. The maximum Gasteiger partial charge on any atom is 0.251 e. The Balaban J connectivity index is 1.83. The van der Waals surface area contributed by atoms with Crippen molar-refractivity contribution >= 4 is 11.6 Å². The molecule has 112 valence electrons. The van der Waals surface area contributed by atoms with Gasteiger partial charge in [-0.15, -0.1) is 0 Å². The molecule has 2 aromatic rings. The molecule has 0 aromatic carbocycles. The number of rotatable bonds is 6. The van der Waals surface area contributed by atoms with Gasteiger partial charge in [0.1, 0.15) is 12.3 Å². The number of nitrogens with one attached hydrogen (secondary N) is 1. The molecule has 0 aliphatic carbocycles. The van der Waals surface area contributed by atoms with Gasteiger partial charge in [-0.25, -0.2) is 0 Å². The first-order valence-corrected chi connectivity index (χ1v) is 6.82. The zero-order chi connectivity index (χ0) is 15.2. The van der Waals surface area contributed by atoms with Crippen molar-refractivity contribution in [3.8, 4) is 0 Å². The van der Waals surface area contributed by atoms with Crippen molar-refractivity contribution in [1.82, 2.24) is 9.88 Å². The number of nitrogens with two attached hydrogens (primary N) is 1. The lowest BCUT2D eigenvalue weighted by atomic mass is 10.1. The molecule has 1 atom stereocenters. The van der Waals surface area contributed by atoms with Gasteiger partial charge >= 0.3 is 0 Å². The van der Waals surface area contributed by atoms with Gasteiger partial charge in [-0.3, -0.25) is 9.59 Å². The van der Waals surface area contributed by atoms with E-state index in [4.69, 9.17) is 10.2 Å². The highest BCUT2D eigenvalue weighted by Gasteiger charge is 2.10. The number of carbonyl (C=O) groups is 1. The summed E-state index contributed by atoms with van der Waals surface area (Å²) < 4.78 is 6.54. The van der Waals surface area contributed by atoms with Gasteiger partial charge in [0, 0.05) is 30.4 Å². The summed E-state index contributed by atoms with van der Waals surface area (Å²) in [6.45, 7) is 1.89. The fourth-order valence-corrected chi connectivity index (χ4v) is 2.03. The third kappa shape index (κ3) is 4.52. The van der Waals surface area contributed by atoms with Gasteiger partial charge in [0.25, 0.3) is 5.56 Å². The van der Waals surface area contributed by atoms with E-state index in [0.717, 1.165) is 18.6 Å². The van der Waals surface area contributed by atoms with E-state index in [1.807, 2.05) is 19.1 Å². The van der Waals surface area contributed by atoms with Gasteiger partial charge in [-0.2, -0.15) is 0 Å². The largest absolute Gasteiger partial charge is 0.469 e. The highest BCUT2D eigenvalue weighted by molar-refractivity contribution is 5.76. The van der Waals surface area contributed by atoms with Gasteiger partial charge in [0.15, 0.2) is 0 Å². The molecule has 1 amide bonds. The summed E-state index contributed by atoms with van der Waals surface area (Å²) >= 11 is 0. The molecule has 0 aliphatic heterocycles. The number of amides is 1. The molecule has 1 unspecified atom stereocenters. The van der Waals surface area contributed by atoms with Crippen LogP contribution in [0.25, 0.3) is 0 Å². The number of nitrogens with zero attached hydrogens (tertiary/aromatic N) is 1. The van der Waals surface area contributed by atoms with Crippen LogP contribution in [0.15, 0.2) is 45.9 Å². The van der Waals surface area contributed by atoms with E-state index < -0.39 is 0 Å². The molecule has 6 nitrogen and oxygen atoms in total. The number of nitrogen functional groups attached to an aromatic ring is 1. The number of aromatic nitrogens is 1. The van der Waals surface area contributed by atoms with E-state index in [0.29, 0.717) is 5.69 Å². The summed E-state index contributed by atoms with van der Waals surface area (Å²) in [6, 6.07) is 6.61. The number of hydrogen-bond acceptors (Lipinski definition) is 4. The minimum atomic E-state index is -0.248. The molecule has 0 saturated carbocycles. The zero-order valence-electron chi connectivity index (χ0n) is 11.9. The van der Waals surface area contributed by atoms with E-state index in [1.54, 1.807) is 6.26 Å². The average molecular weight is 289 g/mol. The van der Waals surface area contributed by atoms with Crippen molar-refractivity contribution in [2.75, 3.05) is 5.73 Å². The average Bonchev–Trinajstić information content (AvgIpc) is 2.94. The van der Waals surface area contributed by atoms with Gasteiger partial charge in [-0.05, 0) is 31.5 Å². The van der Waals surface area contributed by atoms with Gasteiger partial charge < -0.3 is 20.0 Å². The predicted octanol–water partition coefficient (Wildman–Crippen LogP) is 1.16. The second-order valence-electron chi connectivity index (χ2n) is 5.02. The first kappa shape index (κ1) is 14.9. The molecule has 21 heavy (non-hydrogen) atoms. The van der Waals surface area contributed by atoms with E-state index in [9.17, 15) is 9.59 Å². The normalized spacial score (nSPS) is 12.0. The number of furan rings is 1. The topological polar surface area (TPSA) is 90.3 Å². The van der Waals surface area contributed by atoms with Crippen LogP contribution in [0.1, 0.15) is 19.1 Å². The smallest absolute Gasteiger partial charge is 0.251 e. The van der Waals surface area contributed by atoms with Crippen LogP contribution in [0.5, 0.6) is 0 Å². The third-order valence-electron chi connectivity index (χ3n) is 3.13. The second kappa shape index (κ2) is 6.78. The maximum absolute atomic E-state index is 11.9. The first-order chi connectivity index (χ1) is 10.0.